The summed E-state index contributed by atoms with van der Waals surface area (Å²) in [6, 6.07) is -0.317. The number of hydrogen-bond acceptors (Lipinski definition) is 4. The summed E-state index contributed by atoms with van der Waals surface area (Å²) in [6.45, 7) is 4.80. The highest BCUT2D eigenvalue weighted by molar-refractivity contribution is 5.15. The molecule has 0 spiro atoms. The maximum Gasteiger partial charge on any atom is 0.131 e. The standard InChI is InChI=1S/C11H15N5/c1-3-16-5-4-13-11(16)10(12)9-7-14-8(2)6-15-9/h4-7,10H,3,12H2,1-2H3. The van der Waals surface area contributed by atoms with Crippen LogP contribution >= 0.6 is 0 Å². The minimum absolute atomic E-state index is 0.317. The topological polar surface area (TPSA) is 69.6 Å². The zero-order valence-electron chi connectivity index (χ0n) is 9.46. The molecule has 0 radical (unpaired) electrons. The Kier molecular flexibility index (Phi) is 2.96. The van der Waals surface area contributed by atoms with E-state index in [2.05, 4.69) is 21.9 Å². The van der Waals surface area contributed by atoms with Crippen LogP contribution in [0.15, 0.2) is 24.8 Å². The maximum atomic E-state index is 6.10. The minimum atomic E-state index is -0.317. The molecule has 2 rings (SSSR count). The van der Waals surface area contributed by atoms with Gasteiger partial charge in [0.15, 0.2) is 0 Å². The average molecular weight is 217 g/mol. The maximum absolute atomic E-state index is 6.10. The molecule has 5 heteroatoms. The Balaban J connectivity index is 2.31. The van der Waals surface area contributed by atoms with Gasteiger partial charge in [0.05, 0.1) is 17.6 Å². The first-order valence-electron chi connectivity index (χ1n) is 5.27. The second-order valence-electron chi connectivity index (χ2n) is 3.63. The molecular formula is C11H15N5. The lowest BCUT2D eigenvalue weighted by Crippen LogP contribution is -2.19. The van der Waals surface area contributed by atoms with E-state index in [0.29, 0.717) is 0 Å². The number of nitrogens with zero attached hydrogens (tertiary/aromatic N) is 4. The third-order valence-corrected chi connectivity index (χ3v) is 2.49. The summed E-state index contributed by atoms with van der Waals surface area (Å²) in [5.41, 5.74) is 7.73. The number of aromatic nitrogens is 4. The normalized spacial score (nSPS) is 12.7. The van der Waals surface area contributed by atoms with Gasteiger partial charge in [-0.1, -0.05) is 0 Å². The average Bonchev–Trinajstić information content (AvgIpc) is 2.77. The van der Waals surface area contributed by atoms with Gasteiger partial charge >= 0.3 is 0 Å². The van der Waals surface area contributed by atoms with Crippen molar-refractivity contribution in [1.29, 1.82) is 0 Å². The van der Waals surface area contributed by atoms with Crippen molar-refractivity contribution in [3.05, 3.63) is 42.0 Å². The van der Waals surface area contributed by atoms with E-state index in [1.54, 1.807) is 18.6 Å². The van der Waals surface area contributed by atoms with Gasteiger partial charge in [0.2, 0.25) is 0 Å². The molecule has 0 fully saturated rings. The van der Waals surface area contributed by atoms with Crippen molar-refractivity contribution in [1.82, 2.24) is 19.5 Å². The fourth-order valence-electron chi connectivity index (χ4n) is 1.56. The Morgan fingerprint density at radius 3 is 2.75 bits per heavy atom. The predicted molar refractivity (Wildman–Crippen MR) is 60.7 cm³/mol. The quantitative estimate of drug-likeness (QED) is 0.834. The molecule has 1 atom stereocenters. The van der Waals surface area contributed by atoms with Crippen LogP contribution in [-0.2, 0) is 6.54 Å². The summed E-state index contributed by atoms with van der Waals surface area (Å²) in [7, 11) is 0. The fourth-order valence-corrected chi connectivity index (χ4v) is 1.56. The SMILES string of the molecule is CCn1ccnc1C(N)c1cnc(C)cn1. The van der Waals surface area contributed by atoms with Crippen LogP contribution < -0.4 is 5.73 Å². The monoisotopic (exact) mass is 217 g/mol. The molecule has 84 valence electrons. The fraction of sp³-hybridized carbons (Fsp3) is 0.364. The molecule has 0 amide bonds. The number of hydrogen-bond donors (Lipinski definition) is 1. The van der Waals surface area contributed by atoms with Gasteiger partial charge in [0.1, 0.15) is 11.9 Å². The molecule has 2 aromatic rings. The second-order valence-corrected chi connectivity index (χ2v) is 3.63. The molecule has 0 saturated carbocycles. The van der Waals surface area contributed by atoms with E-state index >= 15 is 0 Å². The van der Waals surface area contributed by atoms with Crippen molar-refractivity contribution in [2.75, 3.05) is 0 Å². The van der Waals surface area contributed by atoms with Crippen molar-refractivity contribution < 1.29 is 0 Å². The molecular weight excluding hydrogens is 202 g/mol. The first-order chi connectivity index (χ1) is 7.72. The van der Waals surface area contributed by atoms with Gasteiger partial charge in [-0.2, -0.15) is 0 Å². The lowest BCUT2D eigenvalue weighted by atomic mass is 10.2. The molecule has 16 heavy (non-hydrogen) atoms. The van der Waals surface area contributed by atoms with Crippen LogP contribution in [0.3, 0.4) is 0 Å². The smallest absolute Gasteiger partial charge is 0.131 e. The van der Waals surface area contributed by atoms with Crippen molar-refractivity contribution in [2.45, 2.75) is 26.4 Å². The van der Waals surface area contributed by atoms with E-state index in [-0.39, 0.29) is 6.04 Å². The minimum Gasteiger partial charge on any atom is -0.334 e. The van der Waals surface area contributed by atoms with E-state index in [1.807, 2.05) is 17.7 Å². The van der Waals surface area contributed by atoms with Crippen LogP contribution in [-0.4, -0.2) is 19.5 Å². The Labute approximate surface area is 94.4 Å². The molecule has 1 unspecified atom stereocenters. The number of nitrogens with two attached hydrogens (primary N) is 1. The molecule has 0 saturated heterocycles. The third-order valence-electron chi connectivity index (χ3n) is 2.49. The first kappa shape index (κ1) is 10.8. The van der Waals surface area contributed by atoms with Crippen molar-refractivity contribution >= 4 is 0 Å². The highest BCUT2D eigenvalue weighted by Gasteiger charge is 2.15. The van der Waals surface area contributed by atoms with Crippen LogP contribution in [0, 0.1) is 6.92 Å². The van der Waals surface area contributed by atoms with Crippen molar-refractivity contribution in [3.8, 4) is 0 Å². The molecule has 0 aliphatic heterocycles. The van der Waals surface area contributed by atoms with E-state index < -0.39 is 0 Å². The summed E-state index contributed by atoms with van der Waals surface area (Å²) in [6.07, 6.45) is 7.08. The van der Waals surface area contributed by atoms with Crippen LogP contribution in [0.5, 0.6) is 0 Å². The van der Waals surface area contributed by atoms with Gasteiger partial charge in [0.25, 0.3) is 0 Å². The molecule has 2 N–H and O–H groups in total. The van der Waals surface area contributed by atoms with Gasteiger partial charge in [-0.15, -0.1) is 0 Å². The van der Waals surface area contributed by atoms with Crippen LogP contribution in [0.1, 0.15) is 30.2 Å². The van der Waals surface area contributed by atoms with Crippen LogP contribution in [0.2, 0.25) is 0 Å². The third kappa shape index (κ3) is 1.94. The lowest BCUT2D eigenvalue weighted by molar-refractivity contribution is 0.645. The highest BCUT2D eigenvalue weighted by atomic mass is 15.1. The molecule has 0 aliphatic rings. The Morgan fingerprint density at radius 1 is 1.31 bits per heavy atom. The lowest BCUT2D eigenvalue weighted by Gasteiger charge is -2.12. The van der Waals surface area contributed by atoms with Gasteiger partial charge in [0, 0.05) is 25.1 Å². The number of imidazole rings is 1. The molecule has 0 bridgehead atoms. The van der Waals surface area contributed by atoms with Crippen molar-refractivity contribution in [3.63, 3.8) is 0 Å². The zero-order chi connectivity index (χ0) is 11.5. The predicted octanol–water partition coefficient (Wildman–Crippen LogP) is 1.05. The van der Waals surface area contributed by atoms with Gasteiger partial charge < -0.3 is 10.3 Å². The van der Waals surface area contributed by atoms with Gasteiger partial charge in [-0.25, -0.2) is 4.98 Å². The van der Waals surface area contributed by atoms with E-state index in [9.17, 15) is 0 Å². The molecule has 5 nitrogen and oxygen atoms in total. The van der Waals surface area contributed by atoms with E-state index in [1.165, 1.54) is 0 Å². The van der Waals surface area contributed by atoms with Crippen LogP contribution in [0.4, 0.5) is 0 Å². The van der Waals surface area contributed by atoms with E-state index in [4.69, 9.17) is 5.73 Å². The van der Waals surface area contributed by atoms with Crippen molar-refractivity contribution in [2.24, 2.45) is 5.73 Å². The van der Waals surface area contributed by atoms with Gasteiger partial charge in [-0.3, -0.25) is 9.97 Å². The Morgan fingerprint density at radius 2 is 2.12 bits per heavy atom. The Hall–Kier alpha value is -1.75. The van der Waals surface area contributed by atoms with Crippen LogP contribution in [0.25, 0.3) is 0 Å². The van der Waals surface area contributed by atoms with Gasteiger partial charge in [-0.05, 0) is 13.8 Å². The zero-order valence-corrected chi connectivity index (χ0v) is 9.46. The number of rotatable bonds is 3. The summed E-state index contributed by atoms with van der Waals surface area (Å²) in [5.74, 6) is 0.820. The molecule has 2 aromatic heterocycles. The Bertz CT molecular complexity index is 459. The summed E-state index contributed by atoms with van der Waals surface area (Å²) in [4.78, 5) is 12.7. The largest absolute Gasteiger partial charge is 0.334 e. The second kappa shape index (κ2) is 4.40. The summed E-state index contributed by atoms with van der Waals surface area (Å²) < 4.78 is 2.01. The molecule has 0 aliphatic carbocycles. The first-order valence-corrected chi connectivity index (χ1v) is 5.27. The molecule has 0 aromatic carbocycles. The summed E-state index contributed by atoms with van der Waals surface area (Å²) >= 11 is 0. The number of aryl methyl sites for hydroxylation is 2. The highest BCUT2D eigenvalue weighted by Crippen LogP contribution is 2.15. The summed E-state index contributed by atoms with van der Waals surface area (Å²) in [5, 5.41) is 0. The van der Waals surface area contributed by atoms with E-state index in [0.717, 1.165) is 23.8 Å². The molecule has 2 heterocycles.